The summed E-state index contributed by atoms with van der Waals surface area (Å²) in [7, 11) is 0. The summed E-state index contributed by atoms with van der Waals surface area (Å²) in [5.41, 5.74) is 3.87. The average Bonchev–Trinajstić information content (AvgIpc) is 3.03. The van der Waals surface area contributed by atoms with Crippen LogP contribution in [0.3, 0.4) is 0 Å². The Balaban J connectivity index is 2.04. The fourth-order valence-corrected chi connectivity index (χ4v) is 2.78. The number of hydrogen-bond acceptors (Lipinski definition) is 4. The normalized spacial score (nSPS) is 11.2. The lowest BCUT2D eigenvalue weighted by molar-refractivity contribution is 0.0966. The van der Waals surface area contributed by atoms with E-state index in [2.05, 4.69) is 15.0 Å². The van der Waals surface area contributed by atoms with Gasteiger partial charge in [0, 0.05) is 30.2 Å². The van der Waals surface area contributed by atoms with E-state index in [-0.39, 0.29) is 17.5 Å². The van der Waals surface area contributed by atoms with Gasteiger partial charge in [0.15, 0.2) is 17.2 Å². The Morgan fingerprint density at radius 3 is 2.72 bits per heavy atom. The summed E-state index contributed by atoms with van der Waals surface area (Å²) in [5, 5.41) is 0. The lowest BCUT2D eigenvalue weighted by Crippen LogP contribution is -2.03. The molecule has 0 spiro atoms. The zero-order valence-electron chi connectivity index (χ0n) is 14.7. The summed E-state index contributed by atoms with van der Waals surface area (Å²) in [6, 6.07) is 7.36. The molecule has 0 aliphatic rings. The maximum Gasteiger partial charge on any atom is 0.166 e. The monoisotopic (exact) mass is 335 g/mol. The van der Waals surface area contributed by atoms with E-state index in [1.54, 1.807) is 18.5 Å². The van der Waals surface area contributed by atoms with Crippen molar-refractivity contribution in [2.45, 2.75) is 33.6 Å². The Morgan fingerprint density at radius 1 is 1.20 bits per heavy atom. The molecular formula is C20H21N3O2. The number of rotatable bonds is 6. The predicted octanol–water partition coefficient (Wildman–Crippen LogP) is 4.45. The highest BCUT2D eigenvalue weighted by atomic mass is 16.1. The van der Waals surface area contributed by atoms with Crippen molar-refractivity contribution in [3.63, 3.8) is 0 Å². The van der Waals surface area contributed by atoms with Crippen molar-refractivity contribution in [1.82, 2.24) is 15.0 Å². The Hall–Kier alpha value is -2.82. The number of nitrogens with zero attached hydrogens (tertiary/aromatic N) is 2. The molecule has 0 atom stereocenters. The summed E-state index contributed by atoms with van der Waals surface area (Å²) in [6.45, 7) is 5.87. The van der Waals surface area contributed by atoms with Crippen molar-refractivity contribution >= 4 is 22.7 Å². The second-order valence-corrected chi connectivity index (χ2v) is 6.53. The van der Waals surface area contributed by atoms with Crippen molar-refractivity contribution in [1.29, 1.82) is 0 Å². The number of carbonyl (C=O) groups excluding carboxylic acids is 2. The first kappa shape index (κ1) is 17.0. The number of aromatic nitrogens is 3. The number of Topliss-reactive ketones (excluding diaryl/α,β-unsaturated/α-hetero) is 2. The van der Waals surface area contributed by atoms with Crippen molar-refractivity contribution in [3.8, 4) is 11.3 Å². The smallest absolute Gasteiger partial charge is 0.166 e. The van der Waals surface area contributed by atoms with Gasteiger partial charge in [0.1, 0.15) is 5.52 Å². The summed E-state index contributed by atoms with van der Waals surface area (Å²) < 4.78 is 0. The minimum Gasteiger partial charge on any atom is -0.344 e. The molecular weight excluding hydrogens is 314 g/mol. The van der Waals surface area contributed by atoms with Crippen LogP contribution in [0.4, 0.5) is 0 Å². The largest absolute Gasteiger partial charge is 0.344 e. The first-order chi connectivity index (χ1) is 12.0. The lowest BCUT2D eigenvalue weighted by Gasteiger charge is -2.05. The van der Waals surface area contributed by atoms with Gasteiger partial charge in [-0.1, -0.05) is 39.0 Å². The van der Waals surface area contributed by atoms with Gasteiger partial charge in [-0.05, 0) is 12.0 Å². The average molecular weight is 335 g/mol. The molecule has 0 aliphatic carbocycles. The zero-order chi connectivity index (χ0) is 18.0. The first-order valence-corrected chi connectivity index (χ1v) is 8.50. The number of hydrogen-bond donors (Lipinski definition) is 1. The molecule has 0 saturated carbocycles. The van der Waals surface area contributed by atoms with Crippen LogP contribution in [0.25, 0.3) is 22.4 Å². The Kier molecular flexibility index (Phi) is 4.74. The molecule has 0 amide bonds. The summed E-state index contributed by atoms with van der Waals surface area (Å²) in [4.78, 5) is 36.4. The maximum absolute atomic E-state index is 12.4. The third-order valence-electron chi connectivity index (χ3n) is 4.08. The third kappa shape index (κ3) is 3.50. The second kappa shape index (κ2) is 6.97. The fraction of sp³-hybridized carbons (Fsp3) is 0.300. The van der Waals surface area contributed by atoms with Crippen LogP contribution in [0, 0.1) is 5.92 Å². The van der Waals surface area contributed by atoms with Crippen LogP contribution in [-0.2, 0) is 0 Å². The number of carbonyl (C=O) groups is 2. The molecule has 0 aliphatic heterocycles. The molecule has 5 heteroatoms. The van der Waals surface area contributed by atoms with E-state index in [1.165, 1.54) is 0 Å². The molecule has 25 heavy (non-hydrogen) atoms. The lowest BCUT2D eigenvalue weighted by atomic mass is 10.0. The molecule has 0 fully saturated rings. The van der Waals surface area contributed by atoms with Crippen LogP contribution in [0.15, 0.2) is 36.7 Å². The van der Waals surface area contributed by atoms with E-state index in [1.807, 2.05) is 39.0 Å². The van der Waals surface area contributed by atoms with Gasteiger partial charge < -0.3 is 4.98 Å². The maximum atomic E-state index is 12.4. The molecule has 128 valence electrons. The van der Waals surface area contributed by atoms with Gasteiger partial charge in [-0.25, -0.2) is 9.97 Å². The minimum atomic E-state index is 0.0580. The van der Waals surface area contributed by atoms with Crippen molar-refractivity contribution in [2.75, 3.05) is 0 Å². The van der Waals surface area contributed by atoms with E-state index in [4.69, 9.17) is 0 Å². The summed E-state index contributed by atoms with van der Waals surface area (Å²) in [6.07, 6.45) is 4.26. The SMILES string of the molecule is CCC(=O)c1cccc(-c2cnc3[nH]cc(C(=O)CC(C)C)c3n2)c1. The second-order valence-electron chi connectivity index (χ2n) is 6.53. The standard InChI is InChI=1S/C20H21N3O2/c1-4-17(24)14-7-5-6-13(9-14)16-11-22-20-19(23-16)15(10-21-20)18(25)8-12(2)3/h5-7,9-12H,4,8H2,1-3H3,(H,21,22). The highest BCUT2D eigenvalue weighted by molar-refractivity contribution is 6.06. The predicted molar refractivity (Wildman–Crippen MR) is 97.7 cm³/mol. The number of fused-ring (bicyclic) bond motifs is 1. The van der Waals surface area contributed by atoms with Gasteiger partial charge in [0.05, 0.1) is 17.5 Å². The van der Waals surface area contributed by atoms with E-state index in [0.29, 0.717) is 40.8 Å². The Labute approximate surface area is 146 Å². The molecule has 2 aromatic heterocycles. The van der Waals surface area contributed by atoms with Gasteiger partial charge in [-0.3, -0.25) is 9.59 Å². The van der Waals surface area contributed by atoms with E-state index >= 15 is 0 Å². The quantitative estimate of drug-likeness (QED) is 0.675. The molecule has 5 nitrogen and oxygen atoms in total. The van der Waals surface area contributed by atoms with Gasteiger partial charge in [-0.2, -0.15) is 0 Å². The van der Waals surface area contributed by atoms with Crippen LogP contribution < -0.4 is 0 Å². The number of aromatic amines is 1. The third-order valence-corrected chi connectivity index (χ3v) is 4.08. The molecule has 2 heterocycles. The van der Waals surface area contributed by atoms with Gasteiger partial charge in [0.25, 0.3) is 0 Å². The summed E-state index contributed by atoms with van der Waals surface area (Å²) >= 11 is 0. The van der Waals surface area contributed by atoms with Gasteiger partial charge in [0.2, 0.25) is 0 Å². The van der Waals surface area contributed by atoms with Crippen LogP contribution >= 0.6 is 0 Å². The summed E-state index contributed by atoms with van der Waals surface area (Å²) in [5.74, 6) is 0.429. The van der Waals surface area contributed by atoms with Crippen LogP contribution in [0.5, 0.6) is 0 Å². The molecule has 1 aromatic carbocycles. The van der Waals surface area contributed by atoms with Crippen molar-refractivity contribution in [3.05, 3.63) is 47.8 Å². The Morgan fingerprint density at radius 2 is 2.00 bits per heavy atom. The fourth-order valence-electron chi connectivity index (χ4n) is 2.78. The minimum absolute atomic E-state index is 0.0580. The topological polar surface area (TPSA) is 75.7 Å². The van der Waals surface area contributed by atoms with E-state index in [9.17, 15) is 9.59 Å². The number of H-pyrrole nitrogens is 1. The van der Waals surface area contributed by atoms with Crippen LogP contribution in [0.1, 0.15) is 54.3 Å². The molecule has 0 radical (unpaired) electrons. The highest BCUT2D eigenvalue weighted by Gasteiger charge is 2.16. The zero-order valence-corrected chi connectivity index (χ0v) is 14.7. The molecule has 0 unspecified atom stereocenters. The van der Waals surface area contributed by atoms with Crippen LogP contribution in [-0.4, -0.2) is 26.5 Å². The molecule has 0 saturated heterocycles. The van der Waals surface area contributed by atoms with Crippen molar-refractivity contribution in [2.24, 2.45) is 5.92 Å². The molecule has 3 aromatic rings. The number of ketones is 2. The first-order valence-electron chi connectivity index (χ1n) is 8.50. The molecule has 3 rings (SSSR count). The highest BCUT2D eigenvalue weighted by Crippen LogP contribution is 2.23. The Bertz CT molecular complexity index is 941. The van der Waals surface area contributed by atoms with Crippen LogP contribution in [0.2, 0.25) is 0 Å². The van der Waals surface area contributed by atoms with E-state index in [0.717, 1.165) is 5.56 Å². The van der Waals surface area contributed by atoms with E-state index < -0.39 is 0 Å². The van der Waals surface area contributed by atoms with Crippen molar-refractivity contribution < 1.29 is 9.59 Å². The number of nitrogens with one attached hydrogen (secondary N) is 1. The van der Waals surface area contributed by atoms with Gasteiger partial charge >= 0.3 is 0 Å². The molecule has 0 bridgehead atoms. The van der Waals surface area contributed by atoms with Gasteiger partial charge in [-0.15, -0.1) is 0 Å². The molecule has 1 N–H and O–H groups in total. The number of benzene rings is 1.